The second-order valence-corrected chi connectivity index (χ2v) is 3.50. The second kappa shape index (κ2) is 4.26. The van der Waals surface area contributed by atoms with Crippen molar-refractivity contribution in [3.05, 3.63) is 34.8 Å². The zero-order chi connectivity index (χ0) is 12.4. The summed E-state index contributed by atoms with van der Waals surface area (Å²) in [5, 5.41) is 8.97. The first-order valence-corrected chi connectivity index (χ1v) is 4.95. The third kappa shape index (κ3) is 1.74. The molecule has 17 heavy (non-hydrogen) atoms. The van der Waals surface area contributed by atoms with Crippen molar-refractivity contribution < 1.29 is 14.3 Å². The van der Waals surface area contributed by atoms with Gasteiger partial charge in [-0.2, -0.15) is 5.26 Å². The van der Waals surface area contributed by atoms with Crippen LogP contribution in [0.4, 0.5) is 0 Å². The van der Waals surface area contributed by atoms with Crippen LogP contribution >= 0.6 is 0 Å². The number of rotatable bonds is 2. The Hall–Kier alpha value is -2.35. The molecule has 1 atom stereocenters. The number of amides is 1. The minimum absolute atomic E-state index is 0.306. The van der Waals surface area contributed by atoms with Gasteiger partial charge < -0.3 is 9.47 Å². The lowest BCUT2D eigenvalue weighted by molar-refractivity contribution is -0.119. The third-order valence-corrected chi connectivity index (χ3v) is 2.64. The SMILES string of the molecule is COC1=CC2=C(C#N)C=NC(=O)C2C=C1OC. The minimum atomic E-state index is -0.552. The molecule has 0 saturated heterocycles. The summed E-state index contributed by atoms with van der Waals surface area (Å²) in [4.78, 5) is 15.3. The molecule has 0 N–H and O–H groups in total. The van der Waals surface area contributed by atoms with Gasteiger partial charge in [-0.3, -0.25) is 4.79 Å². The van der Waals surface area contributed by atoms with Gasteiger partial charge in [0.2, 0.25) is 0 Å². The van der Waals surface area contributed by atoms with Crippen LogP contribution < -0.4 is 0 Å². The van der Waals surface area contributed by atoms with E-state index in [-0.39, 0.29) is 5.91 Å². The molecule has 5 heteroatoms. The van der Waals surface area contributed by atoms with Crippen molar-refractivity contribution >= 4 is 12.1 Å². The Morgan fingerprint density at radius 3 is 2.65 bits per heavy atom. The van der Waals surface area contributed by atoms with Crippen LogP contribution in [0.2, 0.25) is 0 Å². The Morgan fingerprint density at radius 2 is 2.06 bits per heavy atom. The Kier molecular flexibility index (Phi) is 2.79. The van der Waals surface area contributed by atoms with E-state index >= 15 is 0 Å². The first kappa shape index (κ1) is 11.1. The minimum Gasteiger partial charge on any atom is -0.493 e. The Balaban J connectivity index is 2.56. The van der Waals surface area contributed by atoms with Gasteiger partial charge in [0.1, 0.15) is 6.07 Å². The fourth-order valence-corrected chi connectivity index (χ4v) is 1.78. The number of carbonyl (C=O) groups excluding carboxylic acids is 1. The van der Waals surface area contributed by atoms with Crippen LogP contribution in [0.15, 0.2) is 39.8 Å². The molecule has 1 heterocycles. The van der Waals surface area contributed by atoms with Gasteiger partial charge in [-0.25, -0.2) is 4.99 Å². The number of carbonyl (C=O) groups is 1. The molecule has 0 bridgehead atoms. The number of fused-ring (bicyclic) bond motifs is 1. The molecule has 0 fully saturated rings. The van der Waals surface area contributed by atoms with Crippen molar-refractivity contribution in [1.29, 1.82) is 5.26 Å². The smallest absolute Gasteiger partial charge is 0.257 e. The van der Waals surface area contributed by atoms with Crippen LogP contribution in [0.3, 0.4) is 0 Å². The van der Waals surface area contributed by atoms with Crippen LogP contribution in [0.1, 0.15) is 0 Å². The standard InChI is InChI=1S/C12H10N2O3/c1-16-10-3-8-7(5-13)6-14-12(15)9(8)4-11(10)17-2/h3-4,6,9H,1-2H3. The van der Waals surface area contributed by atoms with Crippen LogP contribution in [0.5, 0.6) is 0 Å². The number of nitriles is 1. The topological polar surface area (TPSA) is 71.7 Å². The summed E-state index contributed by atoms with van der Waals surface area (Å²) in [7, 11) is 3.00. The molecule has 0 aromatic rings. The molecule has 2 rings (SSSR count). The summed E-state index contributed by atoms with van der Waals surface area (Å²) in [6, 6.07) is 2.01. The van der Waals surface area contributed by atoms with E-state index in [2.05, 4.69) is 4.99 Å². The van der Waals surface area contributed by atoms with Crippen LogP contribution in [-0.4, -0.2) is 26.3 Å². The number of hydrogen-bond acceptors (Lipinski definition) is 4. The maximum atomic E-state index is 11.6. The number of ether oxygens (including phenoxy) is 2. The van der Waals surface area contributed by atoms with E-state index in [4.69, 9.17) is 14.7 Å². The maximum absolute atomic E-state index is 11.6. The normalized spacial score (nSPS) is 22.4. The van der Waals surface area contributed by atoms with Gasteiger partial charge in [-0.05, 0) is 17.7 Å². The van der Waals surface area contributed by atoms with Gasteiger partial charge in [0, 0.05) is 6.21 Å². The van der Waals surface area contributed by atoms with Crippen molar-refractivity contribution in [3.63, 3.8) is 0 Å². The third-order valence-electron chi connectivity index (χ3n) is 2.64. The lowest BCUT2D eigenvalue weighted by Gasteiger charge is -2.22. The lowest BCUT2D eigenvalue weighted by Crippen LogP contribution is -2.22. The largest absolute Gasteiger partial charge is 0.493 e. The van der Waals surface area contributed by atoms with Crippen molar-refractivity contribution in [2.75, 3.05) is 14.2 Å². The zero-order valence-electron chi connectivity index (χ0n) is 9.43. The van der Waals surface area contributed by atoms with Gasteiger partial charge in [-0.15, -0.1) is 0 Å². The fraction of sp³-hybridized carbons (Fsp3) is 0.250. The van der Waals surface area contributed by atoms with E-state index in [0.29, 0.717) is 22.7 Å². The van der Waals surface area contributed by atoms with Crippen molar-refractivity contribution in [3.8, 4) is 6.07 Å². The summed E-state index contributed by atoms with van der Waals surface area (Å²) in [5.74, 6) is 0.113. The first-order valence-electron chi connectivity index (χ1n) is 4.95. The van der Waals surface area contributed by atoms with Gasteiger partial charge in [0.15, 0.2) is 11.5 Å². The maximum Gasteiger partial charge on any atom is 0.257 e. The van der Waals surface area contributed by atoms with Gasteiger partial charge in [0.05, 0.1) is 25.7 Å². The highest BCUT2D eigenvalue weighted by molar-refractivity contribution is 6.02. The summed E-state index contributed by atoms with van der Waals surface area (Å²) in [6.45, 7) is 0. The molecule has 1 aliphatic heterocycles. The summed E-state index contributed by atoms with van der Waals surface area (Å²) in [6.07, 6.45) is 4.54. The molecule has 1 amide bonds. The molecule has 1 unspecified atom stereocenters. The highest BCUT2D eigenvalue weighted by Gasteiger charge is 2.31. The predicted molar refractivity (Wildman–Crippen MR) is 59.8 cm³/mol. The molecule has 0 aromatic carbocycles. The van der Waals surface area contributed by atoms with Crippen molar-refractivity contribution in [1.82, 2.24) is 0 Å². The zero-order valence-corrected chi connectivity index (χ0v) is 9.43. The molecule has 86 valence electrons. The van der Waals surface area contributed by atoms with E-state index in [9.17, 15) is 4.79 Å². The molecule has 2 aliphatic rings. The van der Waals surface area contributed by atoms with Gasteiger partial charge in [-0.1, -0.05) is 0 Å². The van der Waals surface area contributed by atoms with E-state index in [1.54, 1.807) is 12.2 Å². The van der Waals surface area contributed by atoms with Gasteiger partial charge >= 0.3 is 0 Å². The number of dihydropyridines is 1. The number of nitrogens with zero attached hydrogens (tertiary/aromatic N) is 2. The Bertz CT molecular complexity index is 532. The van der Waals surface area contributed by atoms with Crippen molar-refractivity contribution in [2.45, 2.75) is 0 Å². The average molecular weight is 230 g/mol. The highest BCUT2D eigenvalue weighted by atomic mass is 16.5. The van der Waals surface area contributed by atoms with Crippen molar-refractivity contribution in [2.24, 2.45) is 10.9 Å². The Morgan fingerprint density at radius 1 is 1.35 bits per heavy atom. The molecular weight excluding hydrogens is 220 g/mol. The molecule has 1 aliphatic carbocycles. The van der Waals surface area contributed by atoms with E-state index in [1.807, 2.05) is 6.07 Å². The summed E-state index contributed by atoms with van der Waals surface area (Å²) < 4.78 is 10.3. The lowest BCUT2D eigenvalue weighted by atomic mass is 9.87. The monoisotopic (exact) mass is 230 g/mol. The van der Waals surface area contributed by atoms with Crippen LogP contribution in [0, 0.1) is 17.2 Å². The molecule has 0 saturated carbocycles. The highest BCUT2D eigenvalue weighted by Crippen LogP contribution is 2.32. The number of allylic oxidation sites excluding steroid dienone is 2. The fourth-order valence-electron chi connectivity index (χ4n) is 1.78. The van der Waals surface area contributed by atoms with Gasteiger partial charge in [0.25, 0.3) is 5.91 Å². The van der Waals surface area contributed by atoms with E-state index < -0.39 is 5.92 Å². The quantitative estimate of drug-likeness (QED) is 0.712. The molecule has 0 aromatic heterocycles. The first-order chi connectivity index (χ1) is 8.21. The van der Waals surface area contributed by atoms with E-state index in [1.165, 1.54) is 20.4 Å². The second-order valence-electron chi connectivity index (χ2n) is 3.50. The predicted octanol–water partition coefficient (Wildman–Crippen LogP) is 1.11. The summed E-state index contributed by atoms with van der Waals surface area (Å²) in [5.41, 5.74) is 0.973. The molecular formula is C12H10N2O3. The number of aliphatic imine (C=N–C) groups is 1. The molecule has 0 radical (unpaired) electrons. The Labute approximate surface area is 98.3 Å². The van der Waals surface area contributed by atoms with E-state index in [0.717, 1.165) is 0 Å². The number of hydrogen-bond donors (Lipinski definition) is 0. The number of methoxy groups -OCH3 is 2. The van der Waals surface area contributed by atoms with Crippen LogP contribution in [0.25, 0.3) is 0 Å². The summed E-state index contributed by atoms with van der Waals surface area (Å²) >= 11 is 0. The average Bonchev–Trinajstić information content (AvgIpc) is 2.38. The molecule has 5 nitrogen and oxygen atoms in total. The molecule has 0 spiro atoms. The van der Waals surface area contributed by atoms with Crippen LogP contribution in [-0.2, 0) is 14.3 Å².